The van der Waals surface area contributed by atoms with E-state index in [4.69, 9.17) is 0 Å². The van der Waals surface area contributed by atoms with Gasteiger partial charge in [0.2, 0.25) is 0 Å². The quantitative estimate of drug-likeness (QED) is 0.384. The Hall–Kier alpha value is 1.10. The molecule has 0 saturated heterocycles. The number of hydrogen-bond acceptors (Lipinski definition) is 4. The summed E-state index contributed by atoms with van der Waals surface area (Å²) in [7, 11) is 2.77. The molecule has 0 saturated carbocycles. The van der Waals surface area contributed by atoms with E-state index in [-0.39, 0.29) is 37.7 Å². The molecule has 64 valence electrons. The Labute approximate surface area is 97.5 Å². The molecule has 0 bridgehead atoms. The first-order valence-corrected chi connectivity index (χ1v) is 2.91. The van der Waals surface area contributed by atoms with E-state index in [1.54, 1.807) is 0 Å². The summed E-state index contributed by atoms with van der Waals surface area (Å²) in [5.74, 6) is 0. The fourth-order valence-electron chi connectivity index (χ4n) is 0. The van der Waals surface area contributed by atoms with Crippen LogP contribution in [0.3, 0.4) is 0 Å². The first-order valence-electron chi connectivity index (χ1n) is 2.91. The van der Waals surface area contributed by atoms with Gasteiger partial charge < -0.3 is 19.7 Å². The molecule has 0 aromatic heterocycles. The van der Waals surface area contributed by atoms with Crippen molar-refractivity contribution in [1.29, 1.82) is 0 Å². The summed E-state index contributed by atoms with van der Waals surface area (Å²) in [4.78, 5) is 0. The fraction of sp³-hybridized carbons (Fsp3) is 1.00. The monoisotopic (exact) mass is 190 g/mol. The van der Waals surface area contributed by atoms with E-state index in [1.807, 2.05) is 0 Å². The second-order valence-corrected chi connectivity index (χ2v) is 1.61. The van der Waals surface area contributed by atoms with Gasteiger partial charge in [-0.25, -0.2) is 0 Å². The van der Waals surface area contributed by atoms with E-state index in [0.29, 0.717) is 0 Å². The molecule has 0 amide bonds. The van der Waals surface area contributed by atoms with Crippen LogP contribution < -0.4 is 10.2 Å². The van der Waals surface area contributed by atoms with Crippen LogP contribution in [0.15, 0.2) is 0 Å². The van der Waals surface area contributed by atoms with E-state index in [2.05, 4.69) is 9.47 Å². The van der Waals surface area contributed by atoms with Crippen LogP contribution in [-0.4, -0.2) is 64.5 Å². The van der Waals surface area contributed by atoms with Gasteiger partial charge in [-0.2, -0.15) is 0 Å². The molecule has 0 radical (unpaired) electrons. The molecule has 0 aromatic rings. The maximum Gasteiger partial charge on any atom is 2.00 e. The Bertz CT molecular complexity index is 50.5. The van der Waals surface area contributed by atoms with Gasteiger partial charge in [0.05, 0.1) is 0 Å². The van der Waals surface area contributed by atoms with Crippen molar-refractivity contribution < 1.29 is 19.7 Å². The zero-order valence-corrected chi connectivity index (χ0v) is 9.70. The van der Waals surface area contributed by atoms with Crippen LogP contribution in [0, 0.1) is 0 Å². The summed E-state index contributed by atoms with van der Waals surface area (Å²) < 4.78 is 8.39. The first-order chi connectivity index (χ1) is 4.54. The Balaban J connectivity index is -0.000000107. The third-order valence-electron chi connectivity index (χ3n) is 0.664. The Morgan fingerprint density at radius 1 is 0.909 bits per heavy atom. The van der Waals surface area contributed by atoms with Crippen molar-refractivity contribution in [3.05, 3.63) is 0 Å². The molecule has 2 unspecified atom stereocenters. The van der Waals surface area contributed by atoms with Gasteiger partial charge >= 0.3 is 37.7 Å². The van der Waals surface area contributed by atoms with Crippen LogP contribution in [0.4, 0.5) is 0 Å². The maximum atomic E-state index is 9.67. The van der Waals surface area contributed by atoms with E-state index in [9.17, 15) is 10.2 Å². The zero-order valence-electron chi connectivity index (χ0n) is 7.49. The zero-order chi connectivity index (χ0) is 8.57. The topological polar surface area (TPSA) is 64.6 Å². The van der Waals surface area contributed by atoms with Crippen LogP contribution in [0.1, 0.15) is 13.8 Å². The SMILES string of the molecule is COC(C)[O-].COC(C)[O-].[Ca+2]. The Morgan fingerprint density at radius 2 is 1.00 bits per heavy atom. The molecule has 2 atom stereocenters. The summed E-state index contributed by atoms with van der Waals surface area (Å²) in [5.41, 5.74) is 0. The second-order valence-electron chi connectivity index (χ2n) is 1.61. The molecule has 0 aromatic carbocycles. The smallest absolute Gasteiger partial charge is 0.831 e. The molecular weight excluding hydrogens is 176 g/mol. The minimum absolute atomic E-state index is 0. The van der Waals surface area contributed by atoms with Crippen LogP contribution in [0.5, 0.6) is 0 Å². The third-order valence-corrected chi connectivity index (χ3v) is 0.664. The normalized spacial score (nSPS) is 13.6. The largest absolute Gasteiger partial charge is 2.00 e. The minimum atomic E-state index is -0.866. The summed E-state index contributed by atoms with van der Waals surface area (Å²) in [6.45, 7) is 2.89. The molecular formula is C6H14CaO4. The van der Waals surface area contributed by atoms with Gasteiger partial charge in [0.25, 0.3) is 0 Å². The van der Waals surface area contributed by atoms with Gasteiger partial charge in [0.15, 0.2) is 0 Å². The number of hydrogen-bond donors (Lipinski definition) is 0. The van der Waals surface area contributed by atoms with Gasteiger partial charge in [-0.3, -0.25) is 0 Å². The molecule has 0 fully saturated rings. The minimum Gasteiger partial charge on any atom is -0.831 e. The van der Waals surface area contributed by atoms with Gasteiger partial charge in [-0.05, 0) is 12.6 Å². The van der Waals surface area contributed by atoms with Gasteiger partial charge in [0, 0.05) is 14.2 Å². The van der Waals surface area contributed by atoms with Gasteiger partial charge in [-0.1, -0.05) is 13.8 Å². The van der Waals surface area contributed by atoms with Crippen molar-refractivity contribution in [2.75, 3.05) is 14.2 Å². The summed E-state index contributed by atoms with van der Waals surface area (Å²) in [6.07, 6.45) is -1.73. The maximum absolute atomic E-state index is 9.67. The number of methoxy groups -OCH3 is 2. The van der Waals surface area contributed by atoms with Crippen LogP contribution in [0.25, 0.3) is 0 Å². The molecule has 0 spiro atoms. The number of ether oxygens (including phenoxy) is 2. The van der Waals surface area contributed by atoms with Crippen molar-refractivity contribution in [1.82, 2.24) is 0 Å². The average molecular weight is 190 g/mol. The summed E-state index contributed by atoms with van der Waals surface area (Å²) >= 11 is 0. The Kier molecular flexibility index (Phi) is 22.4. The summed E-state index contributed by atoms with van der Waals surface area (Å²) in [6, 6.07) is 0. The molecule has 0 heterocycles. The molecule has 0 aliphatic carbocycles. The van der Waals surface area contributed by atoms with Crippen LogP contribution in [0.2, 0.25) is 0 Å². The van der Waals surface area contributed by atoms with E-state index in [0.717, 1.165) is 0 Å². The molecule has 0 N–H and O–H groups in total. The standard InChI is InChI=1S/2C3H7O2.Ca/c2*1-3(4)5-2;/h2*3H,1-2H3;/q2*-1;+2. The predicted molar refractivity (Wildman–Crippen MR) is 38.7 cm³/mol. The third kappa shape index (κ3) is 35.3. The molecule has 0 aliphatic rings. The van der Waals surface area contributed by atoms with Crippen molar-refractivity contribution in [3.8, 4) is 0 Å². The molecule has 4 nitrogen and oxygen atoms in total. The average Bonchev–Trinajstić information content (AvgIpc) is 1.89. The molecule has 5 heteroatoms. The van der Waals surface area contributed by atoms with Crippen LogP contribution >= 0.6 is 0 Å². The van der Waals surface area contributed by atoms with Crippen molar-refractivity contribution in [2.45, 2.75) is 26.4 Å². The second kappa shape index (κ2) is 13.7. The summed E-state index contributed by atoms with van der Waals surface area (Å²) in [5, 5.41) is 19.3. The van der Waals surface area contributed by atoms with Crippen molar-refractivity contribution in [2.24, 2.45) is 0 Å². The number of rotatable bonds is 2. The van der Waals surface area contributed by atoms with Gasteiger partial charge in [0.1, 0.15) is 0 Å². The fourth-order valence-corrected chi connectivity index (χ4v) is 0. The van der Waals surface area contributed by atoms with E-state index < -0.39 is 12.6 Å². The van der Waals surface area contributed by atoms with Crippen LogP contribution in [-0.2, 0) is 9.47 Å². The van der Waals surface area contributed by atoms with E-state index >= 15 is 0 Å². The molecule has 0 rings (SSSR count). The van der Waals surface area contributed by atoms with Crippen molar-refractivity contribution in [3.63, 3.8) is 0 Å². The van der Waals surface area contributed by atoms with Gasteiger partial charge in [-0.15, -0.1) is 0 Å². The van der Waals surface area contributed by atoms with Crippen molar-refractivity contribution >= 4 is 37.7 Å². The first kappa shape index (κ1) is 18.0. The van der Waals surface area contributed by atoms with E-state index in [1.165, 1.54) is 28.1 Å². The Morgan fingerprint density at radius 3 is 1.00 bits per heavy atom. The molecule has 0 aliphatic heterocycles. The predicted octanol–water partition coefficient (Wildman–Crippen LogP) is -1.70. The molecule has 11 heavy (non-hydrogen) atoms.